The summed E-state index contributed by atoms with van der Waals surface area (Å²) in [5, 5.41) is 3.53. The molecular weight excluding hydrogens is 172 g/mol. The van der Waals surface area contributed by atoms with E-state index in [0.29, 0.717) is 12.1 Å². The maximum absolute atomic E-state index is 3.53. The highest BCUT2D eigenvalue weighted by Gasteiger charge is 2.26. The smallest absolute Gasteiger partial charge is 0.0195 e. The summed E-state index contributed by atoms with van der Waals surface area (Å²) in [6.45, 7) is 13.9. The Morgan fingerprint density at radius 1 is 1.29 bits per heavy atom. The van der Waals surface area contributed by atoms with Crippen molar-refractivity contribution in [3.05, 3.63) is 0 Å². The number of nitrogens with zero attached hydrogens (tertiary/aromatic N) is 1. The van der Waals surface area contributed by atoms with Crippen LogP contribution in [0, 0.1) is 5.92 Å². The molecule has 1 saturated heterocycles. The Morgan fingerprint density at radius 2 is 1.93 bits per heavy atom. The molecule has 1 fully saturated rings. The Hall–Kier alpha value is -0.0800. The van der Waals surface area contributed by atoms with Crippen molar-refractivity contribution in [2.75, 3.05) is 13.1 Å². The number of piperazine rings is 1. The van der Waals surface area contributed by atoms with Gasteiger partial charge in [0.15, 0.2) is 0 Å². The first-order chi connectivity index (χ1) is 6.50. The second kappa shape index (κ2) is 5.13. The van der Waals surface area contributed by atoms with Crippen LogP contribution in [0.3, 0.4) is 0 Å². The van der Waals surface area contributed by atoms with Crippen molar-refractivity contribution in [2.45, 2.75) is 59.2 Å². The van der Waals surface area contributed by atoms with Crippen molar-refractivity contribution < 1.29 is 0 Å². The zero-order valence-electron chi connectivity index (χ0n) is 10.4. The third-order valence-corrected chi connectivity index (χ3v) is 3.19. The minimum atomic E-state index is 0.654. The first kappa shape index (κ1) is 12.0. The van der Waals surface area contributed by atoms with Gasteiger partial charge >= 0.3 is 0 Å². The molecule has 1 aliphatic heterocycles. The van der Waals surface area contributed by atoms with Gasteiger partial charge in [0.05, 0.1) is 0 Å². The average molecular weight is 198 g/mol. The van der Waals surface area contributed by atoms with E-state index >= 15 is 0 Å². The van der Waals surface area contributed by atoms with Crippen LogP contribution in [0.2, 0.25) is 0 Å². The van der Waals surface area contributed by atoms with Gasteiger partial charge in [-0.05, 0) is 33.1 Å². The number of nitrogens with one attached hydrogen (secondary N) is 1. The van der Waals surface area contributed by atoms with Crippen LogP contribution in [0.25, 0.3) is 0 Å². The predicted octanol–water partition coefficient (Wildman–Crippen LogP) is 2.10. The third kappa shape index (κ3) is 3.25. The Balaban J connectivity index is 2.46. The van der Waals surface area contributed by atoms with Gasteiger partial charge in [-0.2, -0.15) is 0 Å². The van der Waals surface area contributed by atoms with Crippen molar-refractivity contribution in [3.63, 3.8) is 0 Å². The minimum Gasteiger partial charge on any atom is -0.311 e. The number of hydrogen-bond donors (Lipinski definition) is 1. The molecule has 1 heterocycles. The molecule has 2 heteroatoms. The van der Waals surface area contributed by atoms with E-state index in [1.165, 1.54) is 13.0 Å². The molecule has 1 aliphatic rings. The van der Waals surface area contributed by atoms with Crippen LogP contribution in [-0.2, 0) is 0 Å². The van der Waals surface area contributed by atoms with Gasteiger partial charge in [0.2, 0.25) is 0 Å². The van der Waals surface area contributed by atoms with Gasteiger partial charge in [-0.25, -0.2) is 0 Å². The van der Waals surface area contributed by atoms with Gasteiger partial charge in [0, 0.05) is 31.2 Å². The van der Waals surface area contributed by atoms with E-state index in [2.05, 4.69) is 44.8 Å². The van der Waals surface area contributed by atoms with Crippen molar-refractivity contribution in [2.24, 2.45) is 5.92 Å². The van der Waals surface area contributed by atoms with E-state index < -0.39 is 0 Å². The van der Waals surface area contributed by atoms with E-state index in [9.17, 15) is 0 Å². The van der Waals surface area contributed by atoms with Crippen molar-refractivity contribution in [1.29, 1.82) is 0 Å². The van der Waals surface area contributed by atoms with Gasteiger partial charge in [-0.1, -0.05) is 13.8 Å². The summed E-state index contributed by atoms with van der Waals surface area (Å²) in [5.74, 6) is 0.808. The second-order valence-corrected chi connectivity index (χ2v) is 5.33. The molecule has 3 unspecified atom stereocenters. The molecule has 1 rings (SSSR count). The van der Waals surface area contributed by atoms with Crippen LogP contribution in [0.15, 0.2) is 0 Å². The molecule has 0 aliphatic carbocycles. The van der Waals surface area contributed by atoms with Crippen LogP contribution >= 0.6 is 0 Å². The molecule has 0 spiro atoms. The number of rotatable bonds is 3. The van der Waals surface area contributed by atoms with Crippen LogP contribution in [0.4, 0.5) is 0 Å². The fourth-order valence-electron chi connectivity index (χ4n) is 2.48. The fourth-order valence-corrected chi connectivity index (χ4v) is 2.48. The van der Waals surface area contributed by atoms with Crippen LogP contribution in [0.1, 0.15) is 41.0 Å². The lowest BCUT2D eigenvalue weighted by Crippen LogP contribution is -2.57. The molecule has 0 aromatic rings. The highest BCUT2D eigenvalue weighted by Crippen LogP contribution is 2.16. The normalized spacial score (nSPS) is 32.1. The molecule has 2 nitrogen and oxygen atoms in total. The summed E-state index contributed by atoms with van der Waals surface area (Å²) in [7, 11) is 0. The second-order valence-electron chi connectivity index (χ2n) is 5.33. The first-order valence-electron chi connectivity index (χ1n) is 5.99. The van der Waals surface area contributed by atoms with Gasteiger partial charge in [-0.3, -0.25) is 4.90 Å². The van der Waals surface area contributed by atoms with Crippen molar-refractivity contribution in [3.8, 4) is 0 Å². The Labute approximate surface area is 89.1 Å². The molecule has 0 amide bonds. The zero-order valence-corrected chi connectivity index (χ0v) is 10.4. The van der Waals surface area contributed by atoms with E-state index in [1.54, 1.807) is 0 Å². The van der Waals surface area contributed by atoms with E-state index in [-0.39, 0.29) is 0 Å². The van der Waals surface area contributed by atoms with E-state index in [4.69, 9.17) is 0 Å². The minimum absolute atomic E-state index is 0.654. The summed E-state index contributed by atoms with van der Waals surface area (Å²) in [4.78, 5) is 2.65. The number of hydrogen-bond acceptors (Lipinski definition) is 2. The maximum Gasteiger partial charge on any atom is 0.0195 e. The first-order valence-corrected chi connectivity index (χ1v) is 5.99. The van der Waals surface area contributed by atoms with Gasteiger partial charge in [0.1, 0.15) is 0 Å². The summed E-state index contributed by atoms with van der Waals surface area (Å²) in [6.07, 6.45) is 1.32. The lowest BCUT2D eigenvalue weighted by Gasteiger charge is -2.41. The summed E-state index contributed by atoms with van der Waals surface area (Å²) in [6, 6.07) is 2.08. The molecule has 0 bridgehead atoms. The molecule has 0 radical (unpaired) electrons. The summed E-state index contributed by atoms with van der Waals surface area (Å²) in [5.41, 5.74) is 0. The Morgan fingerprint density at radius 3 is 2.50 bits per heavy atom. The summed E-state index contributed by atoms with van der Waals surface area (Å²) >= 11 is 0. The molecule has 0 saturated carbocycles. The summed E-state index contributed by atoms with van der Waals surface area (Å²) < 4.78 is 0. The lowest BCUT2D eigenvalue weighted by molar-refractivity contribution is 0.0921. The van der Waals surface area contributed by atoms with Gasteiger partial charge < -0.3 is 5.32 Å². The molecule has 0 aromatic heterocycles. The maximum atomic E-state index is 3.53. The highest BCUT2D eigenvalue weighted by molar-refractivity contribution is 4.84. The predicted molar refractivity (Wildman–Crippen MR) is 62.5 cm³/mol. The molecule has 3 atom stereocenters. The van der Waals surface area contributed by atoms with Gasteiger partial charge in [0.25, 0.3) is 0 Å². The molecule has 1 N–H and O–H groups in total. The molecular formula is C12H26N2. The molecule has 0 aromatic carbocycles. The molecule has 84 valence electrons. The average Bonchev–Trinajstić information content (AvgIpc) is 2.08. The van der Waals surface area contributed by atoms with E-state index in [0.717, 1.165) is 18.5 Å². The lowest BCUT2D eigenvalue weighted by atomic mass is 10.0. The third-order valence-electron chi connectivity index (χ3n) is 3.19. The van der Waals surface area contributed by atoms with E-state index in [1.807, 2.05) is 0 Å². The standard InChI is InChI=1S/C12H26N2/c1-9(2)6-11(4)14-8-10(3)13-7-12(14)5/h9-13H,6-8H2,1-5H3. The van der Waals surface area contributed by atoms with Crippen LogP contribution < -0.4 is 5.32 Å². The van der Waals surface area contributed by atoms with Crippen LogP contribution in [0.5, 0.6) is 0 Å². The Bertz CT molecular complexity index is 168. The van der Waals surface area contributed by atoms with Crippen molar-refractivity contribution >= 4 is 0 Å². The SMILES string of the molecule is CC(C)CC(C)N1CC(C)NCC1C. The topological polar surface area (TPSA) is 15.3 Å². The molecule has 14 heavy (non-hydrogen) atoms. The van der Waals surface area contributed by atoms with Gasteiger partial charge in [-0.15, -0.1) is 0 Å². The Kier molecular flexibility index (Phi) is 4.39. The quantitative estimate of drug-likeness (QED) is 0.747. The zero-order chi connectivity index (χ0) is 10.7. The van der Waals surface area contributed by atoms with Crippen LogP contribution in [-0.4, -0.2) is 36.1 Å². The van der Waals surface area contributed by atoms with Crippen molar-refractivity contribution in [1.82, 2.24) is 10.2 Å². The largest absolute Gasteiger partial charge is 0.311 e. The monoisotopic (exact) mass is 198 g/mol. The fraction of sp³-hybridized carbons (Fsp3) is 1.00. The highest BCUT2D eigenvalue weighted by atomic mass is 15.2.